The number of nitrogens with one attached hydrogen (secondary N) is 1. The van der Waals surface area contributed by atoms with Gasteiger partial charge < -0.3 is 19.5 Å². The third kappa shape index (κ3) is 3.43. The maximum absolute atomic E-state index is 12.0. The molecule has 126 valence electrons. The van der Waals surface area contributed by atoms with E-state index in [9.17, 15) is 14.9 Å². The van der Waals surface area contributed by atoms with Crippen LogP contribution in [0.25, 0.3) is 0 Å². The summed E-state index contributed by atoms with van der Waals surface area (Å²) >= 11 is 0. The number of carbonyl (C=O) groups is 2. The molecule has 3 rings (SSSR count). The first-order chi connectivity index (χ1) is 11.5. The molecule has 0 saturated heterocycles. The minimum absolute atomic E-state index is 0.0233. The molecule has 2 aliphatic rings. The van der Waals surface area contributed by atoms with E-state index >= 15 is 0 Å². The monoisotopic (exact) mass is 330 g/mol. The number of nitrogens with zero attached hydrogens (tertiary/aromatic N) is 1. The summed E-state index contributed by atoms with van der Waals surface area (Å²) in [6, 6.07) is 9.12. The minimum atomic E-state index is -0.918. The predicted molar refractivity (Wildman–Crippen MR) is 82.2 cm³/mol. The lowest BCUT2D eigenvalue weighted by atomic mass is 9.98. The second-order valence-corrected chi connectivity index (χ2v) is 6.11. The number of benzene rings is 1. The number of amides is 1. The molecule has 7 heteroatoms. The first-order valence-electron chi connectivity index (χ1n) is 7.79. The minimum Gasteiger partial charge on any atom is -0.485 e. The van der Waals surface area contributed by atoms with Crippen molar-refractivity contribution >= 4 is 11.9 Å². The van der Waals surface area contributed by atoms with Crippen LogP contribution < -0.4 is 14.8 Å². The smallest absolute Gasteiger partial charge is 0.351 e. The first-order valence-corrected chi connectivity index (χ1v) is 7.79. The molecule has 1 aromatic rings. The first kappa shape index (κ1) is 16.1. The fourth-order valence-electron chi connectivity index (χ4n) is 2.57. The molecule has 1 aromatic carbocycles. The van der Waals surface area contributed by atoms with Gasteiger partial charge in [-0.15, -0.1) is 0 Å². The van der Waals surface area contributed by atoms with Crippen molar-refractivity contribution in [3.05, 3.63) is 24.3 Å². The molecule has 0 spiro atoms. The maximum atomic E-state index is 12.0. The van der Waals surface area contributed by atoms with E-state index in [-0.39, 0.29) is 12.5 Å². The Balaban J connectivity index is 1.49. The van der Waals surface area contributed by atoms with Gasteiger partial charge in [0.2, 0.25) is 6.10 Å². The Morgan fingerprint density at radius 3 is 2.75 bits per heavy atom. The highest BCUT2D eigenvalue weighted by molar-refractivity contribution is 5.83. The Morgan fingerprint density at radius 2 is 2.08 bits per heavy atom. The molecule has 0 bridgehead atoms. The Morgan fingerprint density at radius 1 is 1.38 bits per heavy atom. The Kier molecular flexibility index (Phi) is 4.30. The van der Waals surface area contributed by atoms with Crippen molar-refractivity contribution in [2.75, 3.05) is 13.2 Å². The average molecular weight is 330 g/mol. The molecule has 0 unspecified atom stereocenters. The highest BCUT2D eigenvalue weighted by Crippen LogP contribution is 2.39. The predicted octanol–water partition coefficient (Wildman–Crippen LogP) is 1.18. The zero-order valence-electron chi connectivity index (χ0n) is 13.3. The van der Waals surface area contributed by atoms with Gasteiger partial charge >= 0.3 is 5.97 Å². The van der Waals surface area contributed by atoms with Gasteiger partial charge in [0, 0.05) is 0 Å². The molecule has 7 nitrogen and oxygen atoms in total. The van der Waals surface area contributed by atoms with Gasteiger partial charge in [0.25, 0.3) is 5.91 Å². The lowest BCUT2D eigenvalue weighted by molar-refractivity contribution is -0.158. The van der Waals surface area contributed by atoms with Crippen molar-refractivity contribution in [3.63, 3.8) is 0 Å². The van der Waals surface area contributed by atoms with Crippen LogP contribution in [-0.2, 0) is 14.3 Å². The molecule has 1 fully saturated rings. The SMILES string of the molecule is C[C@@](C#N)(NC(=O)COC(=O)[C@H]1COc2ccccc2O1)C1CC1. The van der Waals surface area contributed by atoms with Gasteiger partial charge in [-0.2, -0.15) is 5.26 Å². The summed E-state index contributed by atoms with van der Waals surface area (Å²) < 4.78 is 15.9. The number of hydrogen-bond donors (Lipinski definition) is 1. The molecule has 24 heavy (non-hydrogen) atoms. The fraction of sp³-hybridized carbons (Fsp3) is 0.471. The van der Waals surface area contributed by atoms with Crippen molar-refractivity contribution in [2.45, 2.75) is 31.4 Å². The Labute approximate surface area is 139 Å². The van der Waals surface area contributed by atoms with Gasteiger partial charge in [-0.1, -0.05) is 12.1 Å². The summed E-state index contributed by atoms with van der Waals surface area (Å²) in [4.78, 5) is 23.9. The van der Waals surface area contributed by atoms with Gasteiger partial charge in [0.1, 0.15) is 12.1 Å². The second kappa shape index (κ2) is 6.40. The van der Waals surface area contributed by atoms with Gasteiger partial charge in [0.05, 0.1) is 6.07 Å². The molecule has 1 heterocycles. The van der Waals surface area contributed by atoms with E-state index in [2.05, 4.69) is 11.4 Å². The molecule has 1 N–H and O–H groups in total. The molecule has 0 radical (unpaired) electrons. The van der Waals surface area contributed by atoms with Gasteiger partial charge in [0.15, 0.2) is 18.1 Å². The molecule has 1 aliphatic carbocycles. The van der Waals surface area contributed by atoms with E-state index in [1.54, 1.807) is 31.2 Å². The number of esters is 1. The van der Waals surface area contributed by atoms with Crippen LogP contribution >= 0.6 is 0 Å². The van der Waals surface area contributed by atoms with Crippen LogP contribution in [0.1, 0.15) is 19.8 Å². The van der Waals surface area contributed by atoms with E-state index in [4.69, 9.17) is 14.2 Å². The maximum Gasteiger partial charge on any atom is 0.351 e. The van der Waals surface area contributed by atoms with Crippen LogP contribution in [0, 0.1) is 17.2 Å². The van der Waals surface area contributed by atoms with Crippen molar-refractivity contribution < 1.29 is 23.8 Å². The third-order valence-electron chi connectivity index (χ3n) is 4.14. The van der Waals surface area contributed by atoms with Crippen molar-refractivity contribution in [2.24, 2.45) is 5.92 Å². The molecule has 1 amide bonds. The molecule has 1 saturated carbocycles. The fourth-order valence-corrected chi connectivity index (χ4v) is 2.57. The van der Waals surface area contributed by atoms with Crippen LogP contribution in [0.15, 0.2) is 24.3 Å². The molecular weight excluding hydrogens is 312 g/mol. The molecule has 1 aliphatic heterocycles. The van der Waals surface area contributed by atoms with E-state index in [1.165, 1.54) is 0 Å². The third-order valence-corrected chi connectivity index (χ3v) is 4.14. The van der Waals surface area contributed by atoms with E-state index in [0.717, 1.165) is 12.8 Å². The number of nitriles is 1. The van der Waals surface area contributed by atoms with Crippen molar-refractivity contribution in [1.29, 1.82) is 5.26 Å². The Hall–Kier alpha value is -2.75. The van der Waals surface area contributed by atoms with Crippen molar-refractivity contribution in [3.8, 4) is 17.6 Å². The zero-order valence-corrected chi connectivity index (χ0v) is 13.3. The number of ether oxygens (including phenoxy) is 3. The van der Waals surface area contributed by atoms with Crippen LogP contribution in [-0.4, -0.2) is 36.7 Å². The summed E-state index contributed by atoms with van der Waals surface area (Å²) in [5.74, 6) is 0.00403. The lowest BCUT2D eigenvalue weighted by Gasteiger charge is -2.25. The van der Waals surface area contributed by atoms with Crippen LogP contribution in [0.3, 0.4) is 0 Å². The van der Waals surface area contributed by atoms with E-state index < -0.39 is 30.1 Å². The van der Waals surface area contributed by atoms with Crippen LogP contribution in [0.2, 0.25) is 0 Å². The number of carbonyl (C=O) groups excluding carboxylic acids is 2. The highest BCUT2D eigenvalue weighted by Gasteiger charge is 2.43. The number of rotatable bonds is 5. The lowest BCUT2D eigenvalue weighted by Crippen LogP contribution is -2.48. The molecule has 2 atom stereocenters. The topological polar surface area (TPSA) is 97.7 Å². The Bertz CT molecular complexity index is 694. The summed E-state index contributed by atoms with van der Waals surface area (Å²) in [6.45, 7) is 1.25. The van der Waals surface area contributed by atoms with E-state index in [0.29, 0.717) is 11.5 Å². The summed E-state index contributed by atoms with van der Waals surface area (Å²) in [6.07, 6.45) is 0.909. The van der Waals surface area contributed by atoms with E-state index in [1.807, 2.05) is 0 Å². The van der Waals surface area contributed by atoms with Gasteiger partial charge in [-0.05, 0) is 37.8 Å². The number of fused-ring (bicyclic) bond motifs is 1. The largest absolute Gasteiger partial charge is 0.485 e. The summed E-state index contributed by atoms with van der Waals surface area (Å²) in [7, 11) is 0. The zero-order chi connectivity index (χ0) is 17.2. The normalized spacial score (nSPS) is 21.1. The molecule has 0 aromatic heterocycles. The summed E-state index contributed by atoms with van der Waals surface area (Å²) in [5.41, 5.74) is -0.910. The van der Waals surface area contributed by atoms with Crippen LogP contribution in [0.5, 0.6) is 11.5 Å². The number of para-hydroxylation sites is 2. The number of hydrogen-bond acceptors (Lipinski definition) is 6. The second-order valence-electron chi connectivity index (χ2n) is 6.11. The van der Waals surface area contributed by atoms with Gasteiger partial charge in [-0.3, -0.25) is 4.79 Å². The summed E-state index contributed by atoms with van der Waals surface area (Å²) in [5, 5.41) is 11.8. The average Bonchev–Trinajstić information content (AvgIpc) is 3.44. The highest BCUT2D eigenvalue weighted by atomic mass is 16.6. The molecular formula is C17H18N2O5. The van der Waals surface area contributed by atoms with Crippen molar-refractivity contribution in [1.82, 2.24) is 5.32 Å². The van der Waals surface area contributed by atoms with Crippen LogP contribution in [0.4, 0.5) is 0 Å². The quantitative estimate of drug-likeness (QED) is 0.814. The standard InChI is InChI=1S/C17H18N2O5/c1-17(10-18,11-6-7-11)19-15(20)9-23-16(21)14-8-22-12-4-2-3-5-13(12)24-14/h2-5,11,14H,6-9H2,1H3,(H,19,20)/t14-,17+/m1/s1. The van der Waals surface area contributed by atoms with Gasteiger partial charge in [-0.25, -0.2) is 4.79 Å².